The van der Waals surface area contributed by atoms with Crippen LogP contribution in [0.2, 0.25) is 0 Å². The number of nitrogens with zero attached hydrogens (tertiary/aromatic N) is 2. The largest absolute Gasteiger partial charge is 1.00 e. The lowest BCUT2D eigenvalue weighted by Crippen LogP contribution is -3.00. The zero-order chi connectivity index (χ0) is 24.6. The van der Waals surface area contributed by atoms with Crippen LogP contribution in [0.4, 0.5) is 0 Å². The van der Waals surface area contributed by atoms with Gasteiger partial charge in [-0.1, -0.05) is 117 Å². The molecule has 0 fully saturated rings. The SMILES string of the molecule is CCCCCCCCCCCCCCCC[N+](C)(C)C.CCCCCCCC[N+](C)(C)C.[Br-].[Br-]. The van der Waals surface area contributed by atoms with Gasteiger partial charge in [-0.2, -0.15) is 0 Å². The summed E-state index contributed by atoms with van der Waals surface area (Å²) < 4.78 is 2.24. The van der Waals surface area contributed by atoms with Gasteiger partial charge in [0.05, 0.1) is 55.4 Å². The first-order valence-electron chi connectivity index (χ1n) is 14.7. The molecule has 0 aliphatic rings. The lowest BCUT2D eigenvalue weighted by molar-refractivity contribution is -0.870. The smallest absolute Gasteiger partial charge is 0.0780 e. The molecule has 0 saturated carbocycles. The second-order valence-corrected chi connectivity index (χ2v) is 12.4. The fourth-order valence-corrected chi connectivity index (χ4v) is 4.15. The molecule has 34 heavy (non-hydrogen) atoms. The lowest BCUT2D eigenvalue weighted by atomic mass is 10.0. The molecule has 0 spiro atoms. The second-order valence-electron chi connectivity index (χ2n) is 12.4. The predicted molar refractivity (Wildman–Crippen MR) is 149 cm³/mol. The van der Waals surface area contributed by atoms with Crippen LogP contribution in [0.25, 0.3) is 0 Å². The summed E-state index contributed by atoms with van der Waals surface area (Å²) in [6, 6.07) is 0. The second kappa shape index (κ2) is 30.1. The van der Waals surface area contributed by atoms with Crippen molar-refractivity contribution in [3.05, 3.63) is 0 Å². The molecule has 0 aromatic rings. The molecule has 0 unspecified atom stereocenters. The van der Waals surface area contributed by atoms with Gasteiger partial charge < -0.3 is 42.9 Å². The monoisotopic (exact) mass is 614 g/mol. The number of hydrogen-bond acceptors (Lipinski definition) is 0. The minimum absolute atomic E-state index is 0. The van der Waals surface area contributed by atoms with E-state index in [-0.39, 0.29) is 34.0 Å². The summed E-state index contributed by atoms with van der Waals surface area (Å²) in [6.07, 6.45) is 28.8. The zero-order valence-electron chi connectivity index (χ0n) is 25.2. The first-order valence-corrected chi connectivity index (χ1v) is 14.7. The van der Waals surface area contributed by atoms with Crippen molar-refractivity contribution in [1.29, 1.82) is 0 Å². The molecule has 0 rings (SSSR count). The van der Waals surface area contributed by atoms with E-state index >= 15 is 0 Å². The summed E-state index contributed by atoms with van der Waals surface area (Å²) in [6.45, 7) is 7.22. The molecule has 0 heterocycles. The van der Waals surface area contributed by atoms with Crippen molar-refractivity contribution in [2.75, 3.05) is 55.4 Å². The minimum Gasteiger partial charge on any atom is -1.00 e. The average Bonchev–Trinajstić information content (AvgIpc) is 2.70. The first kappa shape index (κ1) is 42.0. The predicted octanol–water partition coefficient (Wildman–Crippen LogP) is 3.24. The Balaban J connectivity index is -0.000000279. The molecule has 0 aromatic heterocycles. The van der Waals surface area contributed by atoms with E-state index in [1.54, 1.807) is 0 Å². The van der Waals surface area contributed by atoms with E-state index in [1.165, 1.54) is 142 Å². The Hall–Kier alpha value is 0.880. The number of hydrogen-bond donors (Lipinski definition) is 0. The van der Waals surface area contributed by atoms with Gasteiger partial charge in [0.25, 0.3) is 0 Å². The third-order valence-corrected chi connectivity index (χ3v) is 6.36. The first-order chi connectivity index (χ1) is 15.1. The van der Waals surface area contributed by atoms with Crippen LogP contribution in [-0.2, 0) is 0 Å². The molecule has 0 aromatic carbocycles. The Bertz CT molecular complexity index is 349. The van der Waals surface area contributed by atoms with Crippen molar-refractivity contribution in [3.8, 4) is 0 Å². The van der Waals surface area contributed by atoms with Crippen molar-refractivity contribution < 1.29 is 42.9 Å². The zero-order valence-corrected chi connectivity index (χ0v) is 28.4. The molecular weight excluding hydrogens is 548 g/mol. The van der Waals surface area contributed by atoms with E-state index in [9.17, 15) is 0 Å². The highest BCUT2D eigenvalue weighted by Crippen LogP contribution is 2.13. The van der Waals surface area contributed by atoms with Crippen molar-refractivity contribution in [2.45, 2.75) is 142 Å². The third-order valence-electron chi connectivity index (χ3n) is 6.36. The molecule has 0 aliphatic heterocycles. The van der Waals surface area contributed by atoms with Crippen molar-refractivity contribution in [3.63, 3.8) is 0 Å². The van der Waals surface area contributed by atoms with Gasteiger partial charge in [-0.05, 0) is 25.7 Å². The maximum Gasteiger partial charge on any atom is 0.0780 e. The van der Waals surface area contributed by atoms with Crippen LogP contribution in [0.1, 0.15) is 142 Å². The standard InChI is InChI=1S/C19H42N.C11H26N.2BrH/c1-5-6-7-8-9-10-11-12-13-14-15-16-17-18-19-20(2,3)4;1-5-6-7-8-9-10-11-12(2,3)4;;/h5-19H2,1-4H3;5-11H2,1-4H3;2*1H/q2*+1;;/p-2. The molecule has 0 radical (unpaired) electrons. The van der Waals surface area contributed by atoms with E-state index in [2.05, 4.69) is 56.1 Å². The van der Waals surface area contributed by atoms with E-state index in [4.69, 9.17) is 0 Å². The molecule has 212 valence electrons. The normalized spacial score (nSPS) is 11.3. The summed E-state index contributed by atoms with van der Waals surface area (Å²) in [7, 11) is 13.7. The third kappa shape index (κ3) is 46.2. The van der Waals surface area contributed by atoms with Gasteiger partial charge >= 0.3 is 0 Å². The lowest BCUT2D eigenvalue weighted by Gasteiger charge is -2.23. The molecule has 0 N–H and O–H groups in total. The summed E-state index contributed by atoms with van der Waals surface area (Å²) in [5.74, 6) is 0. The fraction of sp³-hybridized carbons (Fsp3) is 1.00. The van der Waals surface area contributed by atoms with Crippen LogP contribution in [-0.4, -0.2) is 64.3 Å². The Morgan fingerprint density at radius 3 is 0.647 bits per heavy atom. The summed E-state index contributed by atoms with van der Waals surface area (Å²) >= 11 is 0. The van der Waals surface area contributed by atoms with Gasteiger partial charge in [0.15, 0.2) is 0 Å². The Morgan fingerprint density at radius 2 is 0.471 bits per heavy atom. The van der Waals surface area contributed by atoms with Crippen LogP contribution in [0.3, 0.4) is 0 Å². The summed E-state index contributed by atoms with van der Waals surface area (Å²) in [5, 5.41) is 0. The fourth-order valence-electron chi connectivity index (χ4n) is 4.15. The molecule has 0 aliphatic carbocycles. The molecule has 0 atom stereocenters. The summed E-state index contributed by atoms with van der Waals surface area (Å²) in [4.78, 5) is 0. The highest BCUT2D eigenvalue weighted by Gasteiger charge is 2.05. The number of quaternary nitrogens is 2. The van der Waals surface area contributed by atoms with Crippen LogP contribution in [0.5, 0.6) is 0 Å². The average molecular weight is 617 g/mol. The van der Waals surface area contributed by atoms with Crippen LogP contribution < -0.4 is 34.0 Å². The maximum absolute atomic E-state index is 2.29. The quantitative estimate of drug-likeness (QED) is 0.130. The Kier molecular flexibility index (Phi) is 37.2. The number of halogens is 2. The minimum atomic E-state index is 0. The van der Waals surface area contributed by atoms with Crippen molar-refractivity contribution in [2.24, 2.45) is 0 Å². The van der Waals surface area contributed by atoms with Gasteiger partial charge in [-0.15, -0.1) is 0 Å². The van der Waals surface area contributed by atoms with E-state index in [0.29, 0.717) is 0 Å². The van der Waals surface area contributed by atoms with Crippen LogP contribution >= 0.6 is 0 Å². The summed E-state index contributed by atoms with van der Waals surface area (Å²) in [5.41, 5.74) is 0. The van der Waals surface area contributed by atoms with Gasteiger partial charge in [0, 0.05) is 0 Å². The highest BCUT2D eigenvalue weighted by molar-refractivity contribution is 4.49. The molecule has 0 amide bonds. The van der Waals surface area contributed by atoms with Gasteiger partial charge in [0.1, 0.15) is 0 Å². The topological polar surface area (TPSA) is 0 Å². The maximum atomic E-state index is 2.29. The van der Waals surface area contributed by atoms with Crippen LogP contribution in [0, 0.1) is 0 Å². The van der Waals surface area contributed by atoms with E-state index in [1.807, 2.05) is 0 Å². The highest BCUT2D eigenvalue weighted by atomic mass is 79.9. The van der Waals surface area contributed by atoms with Crippen LogP contribution in [0.15, 0.2) is 0 Å². The van der Waals surface area contributed by atoms with Gasteiger partial charge in [-0.3, -0.25) is 0 Å². The molecule has 4 heteroatoms. The van der Waals surface area contributed by atoms with E-state index < -0.39 is 0 Å². The van der Waals surface area contributed by atoms with Crippen molar-refractivity contribution >= 4 is 0 Å². The Labute approximate surface area is 239 Å². The molecule has 0 saturated heterocycles. The van der Waals surface area contributed by atoms with E-state index in [0.717, 1.165) is 8.97 Å². The van der Waals surface area contributed by atoms with Gasteiger partial charge in [0.2, 0.25) is 0 Å². The molecule has 2 nitrogen and oxygen atoms in total. The number of rotatable bonds is 22. The number of unbranched alkanes of at least 4 members (excludes halogenated alkanes) is 18. The molecular formula is C30H68Br2N2. The molecule has 0 bridgehead atoms. The Morgan fingerprint density at radius 1 is 0.294 bits per heavy atom. The van der Waals surface area contributed by atoms with Crippen molar-refractivity contribution in [1.82, 2.24) is 0 Å². The van der Waals surface area contributed by atoms with Gasteiger partial charge in [-0.25, -0.2) is 0 Å².